The Balaban J connectivity index is 2.08. The Labute approximate surface area is 131 Å². The summed E-state index contributed by atoms with van der Waals surface area (Å²) < 4.78 is 0. The topological polar surface area (TPSA) is 66.5 Å². The molecule has 0 bridgehead atoms. The van der Waals surface area contributed by atoms with Crippen molar-refractivity contribution >= 4 is 17.5 Å². The Hall–Kier alpha value is -2.56. The van der Waals surface area contributed by atoms with E-state index in [9.17, 15) is 0 Å². The summed E-state index contributed by atoms with van der Waals surface area (Å²) in [5.74, 6) is 1.31. The zero-order valence-corrected chi connectivity index (χ0v) is 13.6. The van der Waals surface area contributed by atoms with E-state index in [4.69, 9.17) is 5.73 Å². The number of nitrogens with zero attached hydrogens (tertiary/aromatic N) is 3. The Kier molecular flexibility index (Phi) is 4.99. The summed E-state index contributed by atoms with van der Waals surface area (Å²) in [6, 6.07) is 10.0. The normalized spacial score (nSPS) is 11.4. The number of aliphatic imine (C=N–C) groups is 1. The van der Waals surface area contributed by atoms with Crippen molar-refractivity contribution < 1.29 is 0 Å². The van der Waals surface area contributed by atoms with Crippen LogP contribution in [0.2, 0.25) is 0 Å². The van der Waals surface area contributed by atoms with Crippen molar-refractivity contribution in [3.63, 3.8) is 0 Å². The summed E-state index contributed by atoms with van der Waals surface area (Å²) >= 11 is 0. The molecule has 1 aromatic heterocycles. The van der Waals surface area contributed by atoms with Crippen LogP contribution in [0.15, 0.2) is 41.5 Å². The number of aryl methyl sites for hydroxylation is 2. The van der Waals surface area contributed by atoms with Gasteiger partial charge in [0.05, 0.1) is 6.54 Å². The van der Waals surface area contributed by atoms with E-state index < -0.39 is 0 Å². The largest absolute Gasteiger partial charge is 0.370 e. The number of anilines is 2. The maximum atomic E-state index is 5.97. The summed E-state index contributed by atoms with van der Waals surface area (Å²) in [7, 11) is 3.93. The summed E-state index contributed by atoms with van der Waals surface area (Å²) in [5, 5.41) is 3.12. The molecule has 0 aliphatic heterocycles. The van der Waals surface area contributed by atoms with Gasteiger partial charge in [-0.05, 0) is 43.2 Å². The first-order chi connectivity index (χ1) is 10.5. The van der Waals surface area contributed by atoms with Gasteiger partial charge in [-0.1, -0.05) is 12.1 Å². The number of rotatable bonds is 4. The Morgan fingerprint density at radius 1 is 1.23 bits per heavy atom. The number of hydrogen-bond acceptors (Lipinski definition) is 3. The molecule has 0 saturated heterocycles. The molecule has 3 N–H and O–H groups in total. The standard InChI is InChI=1S/C17H23N5/c1-12-7-8-15(10-13(12)2)21-17(18)20-11-14-6-5-9-19-16(14)22(3)4/h5-10H,11H2,1-4H3,(H3,18,20,21). The molecule has 0 fully saturated rings. The molecule has 2 aromatic rings. The molecule has 0 aliphatic carbocycles. The fourth-order valence-electron chi connectivity index (χ4n) is 2.13. The molecule has 5 nitrogen and oxygen atoms in total. The van der Waals surface area contributed by atoms with E-state index in [0.29, 0.717) is 12.5 Å². The SMILES string of the molecule is Cc1ccc(NC(N)=NCc2cccnc2N(C)C)cc1C. The highest BCUT2D eigenvalue weighted by Gasteiger charge is 2.05. The molecule has 0 radical (unpaired) electrons. The molecule has 1 aromatic carbocycles. The van der Waals surface area contributed by atoms with Crippen LogP contribution in [0.3, 0.4) is 0 Å². The molecular weight excluding hydrogens is 274 g/mol. The lowest BCUT2D eigenvalue weighted by Crippen LogP contribution is -2.23. The number of aromatic nitrogens is 1. The highest BCUT2D eigenvalue weighted by atomic mass is 15.1. The van der Waals surface area contributed by atoms with Gasteiger partial charge in [-0.2, -0.15) is 0 Å². The van der Waals surface area contributed by atoms with E-state index in [1.165, 1.54) is 11.1 Å². The van der Waals surface area contributed by atoms with Gasteiger partial charge in [0.2, 0.25) is 0 Å². The Bertz CT molecular complexity index is 676. The van der Waals surface area contributed by atoms with Gasteiger partial charge >= 0.3 is 0 Å². The van der Waals surface area contributed by atoms with E-state index in [1.807, 2.05) is 37.2 Å². The third-order valence-electron chi connectivity index (χ3n) is 3.49. The predicted molar refractivity (Wildman–Crippen MR) is 93.4 cm³/mol. The van der Waals surface area contributed by atoms with Crippen LogP contribution in [-0.4, -0.2) is 25.0 Å². The van der Waals surface area contributed by atoms with Crippen LogP contribution >= 0.6 is 0 Å². The van der Waals surface area contributed by atoms with Crippen molar-refractivity contribution in [1.82, 2.24) is 4.98 Å². The van der Waals surface area contributed by atoms with Gasteiger partial charge in [0.1, 0.15) is 5.82 Å². The maximum Gasteiger partial charge on any atom is 0.193 e. The highest BCUT2D eigenvalue weighted by molar-refractivity contribution is 5.92. The molecule has 0 unspecified atom stereocenters. The molecule has 116 valence electrons. The summed E-state index contributed by atoms with van der Waals surface area (Å²) in [4.78, 5) is 10.7. The van der Waals surface area contributed by atoms with Gasteiger partial charge in [0, 0.05) is 31.5 Å². The number of nitrogens with one attached hydrogen (secondary N) is 1. The first-order valence-electron chi connectivity index (χ1n) is 7.23. The van der Waals surface area contributed by atoms with E-state index in [2.05, 4.69) is 41.3 Å². The van der Waals surface area contributed by atoms with Crippen molar-refractivity contribution in [2.45, 2.75) is 20.4 Å². The molecule has 5 heteroatoms. The lowest BCUT2D eigenvalue weighted by atomic mass is 10.1. The second kappa shape index (κ2) is 6.93. The summed E-state index contributed by atoms with van der Waals surface area (Å²) in [6.45, 7) is 4.65. The zero-order valence-electron chi connectivity index (χ0n) is 13.6. The number of hydrogen-bond donors (Lipinski definition) is 2. The molecule has 0 atom stereocenters. The molecule has 0 saturated carbocycles. The van der Waals surface area contributed by atoms with Gasteiger partial charge in [-0.3, -0.25) is 0 Å². The third-order valence-corrected chi connectivity index (χ3v) is 3.49. The molecule has 22 heavy (non-hydrogen) atoms. The van der Waals surface area contributed by atoms with Crippen LogP contribution in [0.25, 0.3) is 0 Å². The van der Waals surface area contributed by atoms with Crippen LogP contribution in [0.5, 0.6) is 0 Å². The Morgan fingerprint density at radius 3 is 2.68 bits per heavy atom. The van der Waals surface area contributed by atoms with Gasteiger partial charge in [0.15, 0.2) is 5.96 Å². The van der Waals surface area contributed by atoms with Gasteiger partial charge in [-0.25, -0.2) is 9.98 Å². The third kappa shape index (κ3) is 3.97. The minimum absolute atomic E-state index is 0.400. The second-order valence-electron chi connectivity index (χ2n) is 5.51. The van der Waals surface area contributed by atoms with E-state index in [-0.39, 0.29) is 0 Å². The maximum absolute atomic E-state index is 5.97. The van der Waals surface area contributed by atoms with Gasteiger partial charge < -0.3 is 16.0 Å². The quantitative estimate of drug-likeness (QED) is 0.672. The van der Waals surface area contributed by atoms with Crippen molar-refractivity contribution in [2.75, 3.05) is 24.3 Å². The smallest absolute Gasteiger partial charge is 0.193 e. The highest BCUT2D eigenvalue weighted by Crippen LogP contribution is 2.16. The molecule has 0 amide bonds. The zero-order chi connectivity index (χ0) is 16.1. The fraction of sp³-hybridized carbons (Fsp3) is 0.294. The predicted octanol–water partition coefficient (Wildman–Crippen LogP) is 2.69. The lowest BCUT2D eigenvalue weighted by Gasteiger charge is -2.14. The number of guanidine groups is 1. The van der Waals surface area contributed by atoms with Crippen molar-refractivity contribution in [1.29, 1.82) is 0 Å². The molecule has 1 heterocycles. The van der Waals surface area contributed by atoms with Crippen LogP contribution in [0.1, 0.15) is 16.7 Å². The second-order valence-corrected chi connectivity index (χ2v) is 5.51. The van der Waals surface area contributed by atoms with Crippen molar-refractivity contribution in [2.24, 2.45) is 10.7 Å². The van der Waals surface area contributed by atoms with E-state index in [0.717, 1.165) is 17.1 Å². The molecule has 0 spiro atoms. The Morgan fingerprint density at radius 2 is 2.00 bits per heavy atom. The first kappa shape index (κ1) is 15.8. The van der Waals surface area contributed by atoms with Crippen molar-refractivity contribution in [3.05, 3.63) is 53.2 Å². The fourth-order valence-corrected chi connectivity index (χ4v) is 2.13. The minimum Gasteiger partial charge on any atom is -0.370 e. The minimum atomic E-state index is 0.400. The van der Waals surface area contributed by atoms with Crippen LogP contribution in [0, 0.1) is 13.8 Å². The van der Waals surface area contributed by atoms with Crippen LogP contribution in [-0.2, 0) is 6.54 Å². The molecule has 0 aliphatic rings. The van der Waals surface area contributed by atoms with Crippen LogP contribution < -0.4 is 16.0 Å². The van der Waals surface area contributed by atoms with E-state index >= 15 is 0 Å². The van der Waals surface area contributed by atoms with E-state index in [1.54, 1.807) is 6.20 Å². The number of benzene rings is 1. The summed E-state index contributed by atoms with van der Waals surface area (Å²) in [5.41, 5.74) is 10.4. The number of nitrogens with two attached hydrogens (primary N) is 1. The van der Waals surface area contributed by atoms with Crippen LogP contribution in [0.4, 0.5) is 11.5 Å². The first-order valence-corrected chi connectivity index (χ1v) is 7.23. The monoisotopic (exact) mass is 297 g/mol. The van der Waals surface area contributed by atoms with Gasteiger partial charge in [-0.15, -0.1) is 0 Å². The average molecular weight is 297 g/mol. The van der Waals surface area contributed by atoms with Gasteiger partial charge in [0.25, 0.3) is 0 Å². The average Bonchev–Trinajstić information content (AvgIpc) is 2.49. The summed E-state index contributed by atoms with van der Waals surface area (Å²) in [6.07, 6.45) is 1.78. The number of pyridine rings is 1. The van der Waals surface area contributed by atoms with Crippen molar-refractivity contribution in [3.8, 4) is 0 Å². The lowest BCUT2D eigenvalue weighted by molar-refractivity contribution is 0.983. The molecule has 2 rings (SSSR count). The molecular formula is C17H23N5.